The summed E-state index contributed by atoms with van der Waals surface area (Å²) in [7, 11) is 0. The number of unbranched alkanes of at least 4 members (excludes halogenated alkanes) is 2. The van der Waals surface area contributed by atoms with Crippen LogP contribution in [0.5, 0.6) is 0 Å². The van der Waals surface area contributed by atoms with Crippen molar-refractivity contribution in [3.63, 3.8) is 0 Å². The number of hydrogen-bond acceptors (Lipinski definition) is 4. The van der Waals surface area contributed by atoms with Crippen molar-refractivity contribution in [2.45, 2.75) is 40.0 Å². The lowest BCUT2D eigenvalue weighted by Crippen LogP contribution is -2.31. The Morgan fingerprint density at radius 2 is 1.76 bits per heavy atom. The minimum absolute atomic E-state index is 0.0545. The van der Waals surface area contributed by atoms with Crippen molar-refractivity contribution in [2.75, 3.05) is 25.0 Å². The van der Waals surface area contributed by atoms with E-state index in [1.165, 1.54) is 12.8 Å². The third kappa shape index (κ3) is 5.28. The summed E-state index contributed by atoms with van der Waals surface area (Å²) in [5, 5.41) is 3.34. The highest BCUT2D eigenvalue weighted by Gasteiger charge is 2.17. The zero-order valence-electron chi connectivity index (χ0n) is 15.5. The predicted octanol–water partition coefficient (Wildman–Crippen LogP) is 4.23. The van der Waals surface area contributed by atoms with E-state index < -0.39 is 0 Å². The van der Waals surface area contributed by atoms with Crippen LogP contribution in [0.15, 0.2) is 36.4 Å². The molecule has 2 aromatic rings. The van der Waals surface area contributed by atoms with Gasteiger partial charge in [-0.2, -0.15) is 0 Å². The summed E-state index contributed by atoms with van der Waals surface area (Å²) >= 11 is 0. The highest BCUT2D eigenvalue weighted by Crippen LogP contribution is 2.19. The maximum absolute atomic E-state index is 12.7. The number of amides is 1. The van der Waals surface area contributed by atoms with Crippen molar-refractivity contribution < 1.29 is 4.79 Å². The molecule has 0 atom stereocenters. The lowest BCUT2D eigenvalue weighted by molar-refractivity contribution is 0.0767. The molecule has 1 N–H and O–H groups in total. The Labute approximate surface area is 150 Å². The third-order valence-electron chi connectivity index (χ3n) is 4.11. The average molecular weight is 340 g/mol. The van der Waals surface area contributed by atoms with Gasteiger partial charge in [0.2, 0.25) is 0 Å². The second-order valence-electron chi connectivity index (χ2n) is 5.94. The number of hydrogen-bond donors (Lipinski definition) is 1. The Balaban J connectivity index is 2.32. The van der Waals surface area contributed by atoms with Crippen LogP contribution in [-0.4, -0.2) is 40.4 Å². The lowest BCUT2D eigenvalue weighted by atomic mass is 10.2. The molecule has 0 bridgehead atoms. The van der Waals surface area contributed by atoms with Gasteiger partial charge in [-0.1, -0.05) is 50.1 Å². The molecule has 0 saturated heterocycles. The molecule has 5 nitrogen and oxygen atoms in total. The molecular weight excluding hydrogens is 312 g/mol. The van der Waals surface area contributed by atoms with Crippen LogP contribution < -0.4 is 5.32 Å². The number of nitrogens with one attached hydrogen (secondary N) is 1. The molecule has 5 heteroatoms. The van der Waals surface area contributed by atoms with E-state index in [1.807, 2.05) is 44.2 Å². The molecule has 25 heavy (non-hydrogen) atoms. The van der Waals surface area contributed by atoms with Crippen LogP contribution in [0.1, 0.15) is 50.5 Å². The molecule has 0 aliphatic heterocycles. The molecule has 0 fully saturated rings. The van der Waals surface area contributed by atoms with Crippen LogP contribution in [0.25, 0.3) is 11.4 Å². The molecule has 0 aliphatic rings. The van der Waals surface area contributed by atoms with Crippen molar-refractivity contribution in [2.24, 2.45) is 0 Å². The summed E-state index contributed by atoms with van der Waals surface area (Å²) in [6.45, 7) is 8.31. The van der Waals surface area contributed by atoms with E-state index in [-0.39, 0.29) is 5.91 Å². The largest absolute Gasteiger partial charge is 0.370 e. The molecule has 2 rings (SSSR count). The summed E-state index contributed by atoms with van der Waals surface area (Å²) in [5.41, 5.74) is 1.35. The number of nitrogens with zero attached hydrogens (tertiary/aromatic N) is 3. The van der Waals surface area contributed by atoms with Crippen LogP contribution in [0.2, 0.25) is 0 Å². The smallest absolute Gasteiger partial charge is 0.272 e. The maximum atomic E-state index is 12.7. The molecular formula is C20H28N4O. The van der Waals surface area contributed by atoms with E-state index in [0.717, 1.165) is 18.5 Å². The SMILES string of the molecule is CCCCCNc1cc(C(=O)N(CC)CC)nc(-c2ccccc2)n1. The van der Waals surface area contributed by atoms with Gasteiger partial charge in [0.05, 0.1) is 0 Å². The number of rotatable bonds is 9. The molecule has 0 spiro atoms. The molecule has 1 heterocycles. The number of carbonyl (C=O) groups is 1. The van der Waals surface area contributed by atoms with Gasteiger partial charge in [0.15, 0.2) is 5.82 Å². The van der Waals surface area contributed by atoms with Crippen molar-refractivity contribution in [3.8, 4) is 11.4 Å². The number of carbonyl (C=O) groups excluding carboxylic acids is 1. The van der Waals surface area contributed by atoms with Gasteiger partial charge in [0, 0.05) is 31.3 Å². The number of anilines is 1. The van der Waals surface area contributed by atoms with Gasteiger partial charge >= 0.3 is 0 Å². The lowest BCUT2D eigenvalue weighted by Gasteiger charge is -2.19. The summed E-state index contributed by atoms with van der Waals surface area (Å²) in [6.07, 6.45) is 3.43. The van der Waals surface area contributed by atoms with Crippen molar-refractivity contribution >= 4 is 11.7 Å². The Kier molecular flexibility index (Phi) is 7.38. The van der Waals surface area contributed by atoms with E-state index in [0.29, 0.717) is 30.4 Å². The van der Waals surface area contributed by atoms with Crippen LogP contribution in [0.4, 0.5) is 5.82 Å². The van der Waals surface area contributed by atoms with Gasteiger partial charge < -0.3 is 10.2 Å². The molecule has 0 radical (unpaired) electrons. The van der Waals surface area contributed by atoms with Crippen LogP contribution in [0, 0.1) is 0 Å². The topological polar surface area (TPSA) is 58.1 Å². The molecule has 1 aromatic carbocycles. The number of benzene rings is 1. The molecule has 0 unspecified atom stereocenters. The maximum Gasteiger partial charge on any atom is 0.272 e. The molecule has 134 valence electrons. The Hall–Kier alpha value is -2.43. The fourth-order valence-electron chi connectivity index (χ4n) is 2.63. The average Bonchev–Trinajstić information content (AvgIpc) is 2.66. The van der Waals surface area contributed by atoms with Gasteiger partial charge in [-0.15, -0.1) is 0 Å². The first-order valence-electron chi connectivity index (χ1n) is 9.17. The van der Waals surface area contributed by atoms with E-state index in [2.05, 4.69) is 22.2 Å². The van der Waals surface area contributed by atoms with Crippen molar-refractivity contribution in [1.82, 2.24) is 14.9 Å². The van der Waals surface area contributed by atoms with Gasteiger partial charge in [-0.25, -0.2) is 9.97 Å². The summed E-state index contributed by atoms with van der Waals surface area (Å²) < 4.78 is 0. The molecule has 1 amide bonds. The van der Waals surface area contributed by atoms with E-state index in [1.54, 1.807) is 11.0 Å². The first kappa shape index (κ1) is 18.9. The van der Waals surface area contributed by atoms with Crippen LogP contribution >= 0.6 is 0 Å². The third-order valence-corrected chi connectivity index (χ3v) is 4.11. The Morgan fingerprint density at radius 1 is 1.04 bits per heavy atom. The van der Waals surface area contributed by atoms with Gasteiger partial charge in [-0.05, 0) is 20.3 Å². The minimum atomic E-state index is -0.0545. The molecule has 0 aliphatic carbocycles. The van der Waals surface area contributed by atoms with Crippen LogP contribution in [-0.2, 0) is 0 Å². The van der Waals surface area contributed by atoms with Gasteiger partial charge in [0.1, 0.15) is 11.5 Å². The summed E-state index contributed by atoms with van der Waals surface area (Å²) in [6, 6.07) is 11.5. The highest BCUT2D eigenvalue weighted by atomic mass is 16.2. The van der Waals surface area contributed by atoms with Gasteiger partial charge in [0.25, 0.3) is 5.91 Å². The van der Waals surface area contributed by atoms with E-state index >= 15 is 0 Å². The Morgan fingerprint density at radius 3 is 2.40 bits per heavy atom. The van der Waals surface area contributed by atoms with Crippen LogP contribution in [0.3, 0.4) is 0 Å². The summed E-state index contributed by atoms with van der Waals surface area (Å²) in [5.74, 6) is 1.23. The Bertz CT molecular complexity index is 669. The number of aromatic nitrogens is 2. The quantitative estimate of drug-likeness (QED) is 0.694. The minimum Gasteiger partial charge on any atom is -0.370 e. The highest BCUT2D eigenvalue weighted by molar-refractivity contribution is 5.93. The molecule has 0 saturated carbocycles. The second-order valence-corrected chi connectivity index (χ2v) is 5.94. The predicted molar refractivity (Wildman–Crippen MR) is 103 cm³/mol. The fourth-order valence-corrected chi connectivity index (χ4v) is 2.63. The second kappa shape index (κ2) is 9.77. The molecule has 1 aromatic heterocycles. The normalized spacial score (nSPS) is 10.5. The van der Waals surface area contributed by atoms with Gasteiger partial charge in [-0.3, -0.25) is 4.79 Å². The first-order chi connectivity index (χ1) is 12.2. The van der Waals surface area contributed by atoms with Crippen molar-refractivity contribution in [1.29, 1.82) is 0 Å². The summed E-state index contributed by atoms with van der Waals surface area (Å²) in [4.78, 5) is 23.6. The van der Waals surface area contributed by atoms with E-state index in [9.17, 15) is 4.79 Å². The standard InChI is InChI=1S/C20H28N4O/c1-4-7-11-14-21-18-15-17(20(25)24(5-2)6-3)22-19(23-18)16-12-9-8-10-13-16/h8-10,12-13,15H,4-7,11,14H2,1-3H3,(H,21,22,23). The first-order valence-corrected chi connectivity index (χ1v) is 9.17. The zero-order valence-corrected chi connectivity index (χ0v) is 15.5. The van der Waals surface area contributed by atoms with Crippen molar-refractivity contribution in [3.05, 3.63) is 42.1 Å². The van der Waals surface area contributed by atoms with E-state index in [4.69, 9.17) is 0 Å². The monoisotopic (exact) mass is 340 g/mol. The fraction of sp³-hybridized carbons (Fsp3) is 0.450. The zero-order chi connectivity index (χ0) is 18.1.